The summed E-state index contributed by atoms with van der Waals surface area (Å²) < 4.78 is 66.0. The number of carboxylic acid groups (broad SMARTS) is 1. The molecular formula is C58H85Cl2N5O20. The van der Waals surface area contributed by atoms with E-state index in [1.54, 1.807) is 42.5 Å². The molecule has 1 fully saturated rings. The molecule has 0 radical (unpaired) electrons. The highest BCUT2D eigenvalue weighted by molar-refractivity contribution is 6.40. The molecule has 1 aliphatic heterocycles. The zero-order chi connectivity index (χ0) is 61.0. The van der Waals surface area contributed by atoms with Crippen LogP contribution in [-0.2, 0) is 92.0 Å². The van der Waals surface area contributed by atoms with E-state index in [-0.39, 0.29) is 72.3 Å². The maximum Gasteiger partial charge on any atom is 0.326 e. The van der Waals surface area contributed by atoms with Crippen molar-refractivity contribution >= 4 is 70.3 Å². The summed E-state index contributed by atoms with van der Waals surface area (Å²) >= 11 is 12.3. The lowest BCUT2D eigenvalue weighted by Crippen LogP contribution is -2.49. The van der Waals surface area contributed by atoms with E-state index < -0.39 is 35.1 Å². The molecule has 1 heterocycles. The summed E-state index contributed by atoms with van der Waals surface area (Å²) in [6, 6.07) is 10.2. The van der Waals surface area contributed by atoms with Gasteiger partial charge in [0.25, 0.3) is 17.7 Å². The van der Waals surface area contributed by atoms with Crippen LogP contribution < -0.4 is 21.3 Å². The average molecular weight is 1240 g/mol. The van der Waals surface area contributed by atoms with Gasteiger partial charge in [0.1, 0.15) is 6.04 Å². The Kier molecular flexibility index (Phi) is 38.3. The van der Waals surface area contributed by atoms with Crippen LogP contribution in [0.5, 0.6) is 0 Å². The highest BCUT2D eigenvalue weighted by Gasteiger charge is 2.42. The smallest absolute Gasteiger partial charge is 0.326 e. The van der Waals surface area contributed by atoms with Crippen LogP contribution in [0.4, 0.5) is 5.69 Å². The number of hydrogen-bond acceptors (Lipinski definition) is 19. The number of halogens is 2. The molecular weight excluding hydrogens is 1160 g/mol. The average Bonchev–Trinajstić information content (AvgIpc) is 4.18. The van der Waals surface area contributed by atoms with Crippen molar-refractivity contribution in [3.05, 3.63) is 75.8 Å². The number of benzene rings is 2. The van der Waals surface area contributed by atoms with Crippen molar-refractivity contribution in [3.8, 4) is 0 Å². The summed E-state index contributed by atoms with van der Waals surface area (Å²) in [4.78, 5) is 87.1. The molecule has 6 amide bonds. The summed E-state index contributed by atoms with van der Waals surface area (Å²) in [6.45, 7) is 10.3. The van der Waals surface area contributed by atoms with Crippen molar-refractivity contribution < 1.29 is 95.5 Å². The predicted octanol–water partition coefficient (Wildman–Crippen LogP) is 3.44. The van der Waals surface area contributed by atoms with Gasteiger partial charge in [-0.05, 0) is 49.1 Å². The van der Waals surface area contributed by atoms with Gasteiger partial charge in [-0.3, -0.25) is 33.7 Å². The molecule has 476 valence electrons. The van der Waals surface area contributed by atoms with Crippen LogP contribution in [0.3, 0.4) is 0 Å². The predicted molar refractivity (Wildman–Crippen MR) is 311 cm³/mol. The first-order valence-corrected chi connectivity index (χ1v) is 29.5. The van der Waals surface area contributed by atoms with Crippen LogP contribution in [0.25, 0.3) is 0 Å². The Morgan fingerprint density at radius 2 is 0.906 bits per heavy atom. The van der Waals surface area contributed by atoms with E-state index in [0.717, 1.165) is 17.7 Å². The second kappa shape index (κ2) is 45.1. The third kappa shape index (κ3) is 31.8. The van der Waals surface area contributed by atoms with Crippen LogP contribution >= 0.6 is 23.2 Å². The fourth-order valence-electron chi connectivity index (χ4n) is 8.45. The van der Waals surface area contributed by atoms with Gasteiger partial charge in [-0.25, -0.2) is 4.79 Å². The van der Waals surface area contributed by atoms with Gasteiger partial charge >= 0.3 is 5.97 Å². The van der Waals surface area contributed by atoms with Crippen LogP contribution in [-0.4, -0.2) is 236 Å². The molecule has 0 bridgehead atoms. The largest absolute Gasteiger partial charge is 0.480 e. The minimum atomic E-state index is -1.18. The van der Waals surface area contributed by atoms with Gasteiger partial charge in [-0.1, -0.05) is 54.2 Å². The van der Waals surface area contributed by atoms with Crippen LogP contribution in [0.1, 0.15) is 60.9 Å². The van der Waals surface area contributed by atoms with Gasteiger partial charge < -0.3 is 83.2 Å². The van der Waals surface area contributed by atoms with E-state index in [0.29, 0.717) is 189 Å². The fraction of sp³-hybridized carbons (Fsp3) is 0.638. The third-order valence-corrected chi connectivity index (χ3v) is 13.6. The standard InChI is InChI=1S/C58H85Cl2N5O20/c59-47-4-3-5-48(60)54(47)55(70)63-46-8-6-45(7-9-46)44-49(56(71)72)64-57(73)58(14-1-2-15-58)16-17-61-51(67)13-20-74-22-24-76-26-28-78-30-32-80-34-36-82-38-40-84-42-43-85-41-39-83-37-35-81-33-31-79-29-27-77-25-23-75-21-18-62-50(66)12-19-65-52(68)10-11-53(65)69/h3-11,49H,1-2,12-44H2,(H,61,67)(H,62,66)(H,63,70)(H,64,73)(H,71,72)/t49-/m0/s1. The molecule has 1 atom stereocenters. The number of nitrogens with zero attached hydrogens (tertiary/aromatic N) is 1. The van der Waals surface area contributed by atoms with E-state index in [4.69, 9.17) is 80.0 Å². The van der Waals surface area contributed by atoms with Crippen molar-refractivity contribution in [2.75, 3.05) is 184 Å². The molecule has 5 N–H and O–H groups in total. The SMILES string of the molecule is O=C(CCOCCOCCOCCOCCOCCOCCOCCOCCOCCOCCOCCOCCNC(=O)CCN1C(=O)C=CC1=O)NCCC1(C(=O)N[C@@H](Cc2ccc(NC(=O)c3c(Cl)cccc3Cl)cc2)C(=O)O)CCCC1. The number of rotatable bonds is 52. The summed E-state index contributed by atoms with van der Waals surface area (Å²) in [6.07, 6.45) is 5.78. The molecule has 1 aliphatic carbocycles. The van der Waals surface area contributed by atoms with Crippen molar-refractivity contribution in [1.82, 2.24) is 20.9 Å². The van der Waals surface area contributed by atoms with Gasteiger partial charge in [0, 0.05) is 56.7 Å². The Hall–Kier alpha value is -5.23. The van der Waals surface area contributed by atoms with Crippen LogP contribution in [0.2, 0.25) is 10.0 Å². The van der Waals surface area contributed by atoms with Crippen molar-refractivity contribution in [3.63, 3.8) is 0 Å². The highest BCUT2D eigenvalue weighted by atomic mass is 35.5. The molecule has 25 nitrogen and oxygen atoms in total. The lowest BCUT2D eigenvalue weighted by Gasteiger charge is -2.29. The summed E-state index contributed by atoms with van der Waals surface area (Å²) in [7, 11) is 0. The molecule has 85 heavy (non-hydrogen) atoms. The second-order valence-corrected chi connectivity index (χ2v) is 20.1. The molecule has 0 aromatic heterocycles. The first kappa shape index (κ1) is 72.2. The monoisotopic (exact) mass is 1240 g/mol. The van der Waals surface area contributed by atoms with Crippen LogP contribution in [0.15, 0.2) is 54.6 Å². The number of carbonyl (C=O) groups is 7. The van der Waals surface area contributed by atoms with Crippen molar-refractivity contribution in [2.45, 2.75) is 57.4 Å². The van der Waals surface area contributed by atoms with Gasteiger partial charge in [0.2, 0.25) is 17.7 Å². The number of hydrogen-bond donors (Lipinski definition) is 5. The van der Waals surface area contributed by atoms with E-state index >= 15 is 0 Å². The molecule has 1 saturated carbocycles. The zero-order valence-electron chi connectivity index (χ0n) is 48.4. The normalized spacial score (nSPS) is 14.0. The Morgan fingerprint density at radius 3 is 1.33 bits per heavy atom. The second-order valence-electron chi connectivity index (χ2n) is 19.3. The maximum atomic E-state index is 13.6. The van der Waals surface area contributed by atoms with E-state index in [1.807, 2.05) is 0 Å². The highest BCUT2D eigenvalue weighted by Crippen LogP contribution is 2.41. The van der Waals surface area contributed by atoms with Crippen molar-refractivity contribution in [2.24, 2.45) is 5.41 Å². The lowest BCUT2D eigenvalue weighted by molar-refractivity contribution is -0.144. The molecule has 27 heteroatoms. The number of carbonyl (C=O) groups excluding carboxylic acids is 6. The molecule has 0 spiro atoms. The first-order valence-electron chi connectivity index (χ1n) is 28.8. The van der Waals surface area contributed by atoms with Gasteiger partial charge in [0.15, 0.2) is 0 Å². The van der Waals surface area contributed by atoms with Gasteiger partial charge in [-0.15, -0.1) is 0 Å². The molecule has 0 saturated heterocycles. The maximum absolute atomic E-state index is 13.6. The molecule has 0 unspecified atom stereocenters. The molecule has 2 aromatic carbocycles. The first-order chi connectivity index (χ1) is 41.4. The number of carboxylic acids is 1. The van der Waals surface area contributed by atoms with E-state index in [9.17, 15) is 38.7 Å². The number of nitrogens with one attached hydrogen (secondary N) is 4. The minimum absolute atomic E-state index is 0.0259. The van der Waals surface area contributed by atoms with E-state index in [1.165, 1.54) is 12.2 Å². The number of imide groups is 1. The third-order valence-electron chi connectivity index (χ3n) is 13.0. The Labute approximate surface area is 506 Å². The Balaban J connectivity index is 0.823. The number of ether oxygens (including phenoxy) is 12. The molecule has 2 aromatic rings. The van der Waals surface area contributed by atoms with Gasteiger partial charge in [-0.2, -0.15) is 0 Å². The Morgan fingerprint density at radius 1 is 0.518 bits per heavy atom. The number of aliphatic carboxylic acids is 1. The lowest BCUT2D eigenvalue weighted by atomic mass is 9.81. The molecule has 2 aliphatic rings. The summed E-state index contributed by atoms with van der Waals surface area (Å²) in [5, 5.41) is 21.5. The number of anilines is 1. The van der Waals surface area contributed by atoms with E-state index in [2.05, 4.69) is 21.3 Å². The summed E-state index contributed by atoms with van der Waals surface area (Å²) in [5.74, 6) is -3.30. The number of amides is 6. The van der Waals surface area contributed by atoms with Crippen LogP contribution in [0, 0.1) is 5.41 Å². The minimum Gasteiger partial charge on any atom is -0.480 e. The van der Waals surface area contributed by atoms with Gasteiger partial charge in [0.05, 0.1) is 180 Å². The fourth-order valence-corrected chi connectivity index (χ4v) is 9.02. The summed E-state index contributed by atoms with van der Waals surface area (Å²) in [5.41, 5.74) is 0.451. The molecule has 4 rings (SSSR count). The van der Waals surface area contributed by atoms with Crippen molar-refractivity contribution in [1.29, 1.82) is 0 Å². The topological polar surface area (TPSA) is 302 Å². The Bertz CT molecular complexity index is 2260. The quantitative estimate of drug-likeness (QED) is 0.0468. The zero-order valence-corrected chi connectivity index (χ0v) is 49.9.